The second-order valence-corrected chi connectivity index (χ2v) is 8.01. The number of nitrogens with one attached hydrogen (secondary N) is 1. The fourth-order valence-corrected chi connectivity index (χ4v) is 4.57. The molecule has 0 spiro atoms. The van der Waals surface area contributed by atoms with Gasteiger partial charge in [-0.15, -0.1) is 0 Å². The summed E-state index contributed by atoms with van der Waals surface area (Å²) in [6.07, 6.45) is 2.61. The van der Waals surface area contributed by atoms with Crippen LogP contribution in [0.3, 0.4) is 0 Å². The van der Waals surface area contributed by atoms with Gasteiger partial charge in [-0.2, -0.15) is 14.6 Å². The number of aromatic nitrogens is 4. The summed E-state index contributed by atoms with van der Waals surface area (Å²) in [7, 11) is 1.62. The van der Waals surface area contributed by atoms with Crippen molar-refractivity contribution in [2.75, 3.05) is 12.4 Å². The van der Waals surface area contributed by atoms with Crippen LogP contribution in [0.2, 0.25) is 0 Å². The van der Waals surface area contributed by atoms with Crippen LogP contribution in [0, 0.1) is 6.92 Å². The molecule has 0 bridgehead atoms. The minimum absolute atomic E-state index is 0.0780. The van der Waals surface area contributed by atoms with E-state index in [0.717, 1.165) is 44.6 Å². The molecule has 1 amide bonds. The van der Waals surface area contributed by atoms with Gasteiger partial charge in [-0.3, -0.25) is 4.79 Å². The summed E-state index contributed by atoms with van der Waals surface area (Å²) >= 11 is 1.56. The van der Waals surface area contributed by atoms with Crippen molar-refractivity contribution in [2.45, 2.75) is 36.6 Å². The Morgan fingerprint density at radius 3 is 2.68 bits per heavy atom. The van der Waals surface area contributed by atoms with Crippen molar-refractivity contribution in [2.24, 2.45) is 0 Å². The van der Waals surface area contributed by atoms with E-state index >= 15 is 0 Å². The number of benzene rings is 2. The molecule has 0 atom stereocenters. The van der Waals surface area contributed by atoms with Gasteiger partial charge in [0.1, 0.15) is 17.1 Å². The van der Waals surface area contributed by atoms with Crippen LogP contribution in [-0.4, -0.2) is 32.6 Å². The lowest BCUT2D eigenvalue weighted by Crippen LogP contribution is -2.15. The number of hydrogen-bond acceptors (Lipinski definition) is 6. The van der Waals surface area contributed by atoms with Crippen LogP contribution in [0.5, 0.6) is 5.75 Å². The van der Waals surface area contributed by atoms with E-state index in [2.05, 4.69) is 27.3 Å². The van der Waals surface area contributed by atoms with Crippen LogP contribution >= 0.6 is 11.8 Å². The third kappa shape index (κ3) is 4.54. The molecule has 8 heteroatoms. The van der Waals surface area contributed by atoms with E-state index < -0.39 is 0 Å². The molecule has 0 aliphatic heterocycles. The number of methoxy groups -OCH3 is 1. The highest BCUT2D eigenvalue weighted by atomic mass is 32.2. The van der Waals surface area contributed by atoms with Crippen LogP contribution in [0.15, 0.2) is 64.8 Å². The number of nitrogens with zero attached hydrogens (tertiary/aromatic N) is 4. The molecule has 0 fully saturated rings. The van der Waals surface area contributed by atoms with Crippen molar-refractivity contribution in [3.8, 4) is 5.75 Å². The van der Waals surface area contributed by atoms with Gasteiger partial charge in [-0.05, 0) is 43.2 Å². The van der Waals surface area contributed by atoms with E-state index in [1.165, 1.54) is 6.33 Å². The second kappa shape index (κ2) is 9.18. The van der Waals surface area contributed by atoms with Crippen LogP contribution in [0.25, 0.3) is 5.78 Å². The van der Waals surface area contributed by atoms with Crippen LogP contribution in [-0.2, 0) is 17.6 Å². The predicted octanol–water partition coefficient (Wildman–Crippen LogP) is 4.34. The molecule has 2 heterocycles. The van der Waals surface area contributed by atoms with E-state index in [4.69, 9.17) is 4.74 Å². The Bertz CT molecular complexity index is 1220. The number of ether oxygens (including phenoxy) is 1. The topological polar surface area (TPSA) is 81.4 Å². The molecule has 2 aromatic carbocycles. The van der Waals surface area contributed by atoms with Crippen molar-refractivity contribution in [3.05, 3.63) is 71.7 Å². The maximum absolute atomic E-state index is 12.7. The first-order valence-corrected chi connectivity index (χ1v) is 10.8. The summed E-state index contributed by atoms with van der Waals surface area (Å²) in [5.74, 6) is 1.26. The third-order valence-electron chi connectivity index (χ3n) is 4.93. The molecule has 158 valence electrons. The second-order valence-electron chi connectivity index (χ2n) is 6.98. The molecule has 7 nitrogen and oxygen atoms in total. The Morgan fingerprint density at radius 2 is 1.94 bits per heavy atom. The standard InChI is InChI=1S/C23H23N5O2S/c1-4-18-15(2)26-23-24-14-25-28(23)22(18)31-20-8-6-5-7-19(20)27-21(29)13-16-9-11-17(30-3)12-10-16/h5-12,14H,4,13H2,1-3H3,(H,27,29). The van der Waals surface area contributed by atoms with Crippen molar-refractivity contribution in [1.82, 2.24) is 19.6 Å². The van der Waals surface area contributed by atoms with Gasteiger partial charge >= 0.3 is 0 Å². The van der Waals surface area contributed by atoms with Gasteiger partial charge in [0.2, 0.25) is 5.91 Å². The fraction of sp³-hybridized carbons (Fsp3) is 0.217. The number of anilines is 1. The number of aryl methyl sites for hydroxylation is 1. The molecule has 0 saturated carbocycles. The van der Waals surface area contributed by atoms with Gasteiger partial charge in [-0.1, -0.05) is 43.0 Å². The van der Waals surface area contributed by atoms with E-state index in [1.807, 2.05) is 55.5 Å². The number of amides is 1. The molecule has 0 unspecified atom stereocenters. The Kier molecular flexibility index (Phi) is 6.18. The number of carbonyl (C=O) groups is 1. The zero-order valence-corrected chi connectivity index (χ0v) is 18.4. The number of fused-ring (bicyclic) bond motifs is 1. The molecule has 4 rings (SSSR count). The zero-order valence-electron chi connectivity index (χ0n) is 17.6. The lowest BCUT2D eigenvalue weighted by atomic mass is 10.1. The Hall–Kier alpha value is -3.39. The SMILES string of the molecule is CCc1c(C)nc2ncnn2c1Sc1ccccc1NC(=O)Cc1ccc(OC)cc1. The smallest absolute Gasteiger partial charge is 0.253 e. The molecule has 0 aliphatic rings. The first kappa shape index (κ1) is 20.9. The van der Waals surface area contributed by atoms with E-state index in [-0.39, 0.29) is 12.3 Å². The quantitative estimate of drug-likeness (QED) is 0.437. The van der Waals surface area contributed by atoms with Gasteiger partial charge in [0.25, 0.3) is 5.78 Å². The summed E-state index contributed by atoms with van der Waals surface area (Å²) < 4.78 is 6.93. The van der Waals surface area contributed by atoms with Gasteiger partial charge in [0.05, 0.1) is 19.2 Å². The minimum atomic E-state index is -0.0780. The van der Waals surface area contributed by atoms with Gasteiger partial charge in [0, 0.05) is 16.2 Å². The third-order valence-corrected chi connectivity index (χ3v) is 6.12. The van der Waals surface area contributed by atoms with Crippen LogP contribution in [0.1, 0.15) is 23.7 Å². The van der Waals surface area contributed by atoms with Gasteiger partial charge in [-0.25, -0.2) is 4.98 Å². The normalized spacial score (nSPS) is 10.9. The van der Waals surface area contributed by atoms with Gasteiger partial charge in [0.15, 0.2) is 0 Å². The van der Waals surface area contributed by atoms with E-state index in [9.17, 15) is 4.79 Å². The van der Waals surface area contributed by atoms with Crippen molar-refractivity contribution in [1.29, 1.82) is 0 Å². The molecule has 0 aliphatic carbocycles. The fourth-order valence-electron chi connectivity index (χ4n) is 3.35. The average Bonchev–Trinajstić information content (AvgIpc) is 3.24. The molecule has 0 saturated heterocycles. The minimum Gasteiger partial charge on any atom is -0.497 e. The number of para-hydroxylation sites is 1. The molecule has 2 aromatic heterocycles. The molecular weight excluding hydrogens is 410 g/mol. The highest BCUT2D eigenvalue weighted by molar-refractivity contribution is 7.99. The van der Waals surface area contributed by atoms with Crippen LogP contribution in [0.4, 0.5) is 5.69 Å². The van der Waals surface area contributed by atoms with Crippen molar-refractivity contribution < 1.29 is 9.53 Å². The van der Waals surface area contributed by atoms with Crippen LogP contribution < -0.4 is 10.1 Å². The Morgan fingerprint density at radius 1 is 1.16 bits per heavy atom. The summed E-state index contributed by atoms with van der Waals surface area (Å²) in [6, 6.07) is 15.3. The highest BCUT2D eigenvalue weighted by Gasteiger charge is 2.17. The maximum Gasteiger partial charge on any atom is 0.253 e. The molecule has 31 heavy (non-hydrogen) atoms. The predicted molar refractivity (Wildman–Crippen MR) is 121 cm³/mol. The number of carbonyl (C=O) groups excluding carboxylic acids is 1. The first-order valence-electron chi connectivity index (χ1n) is 9.98. The summed E-state index contributed by atoms with van der Waals surface area (Å²) in [6.45, 7) is 4.08. The summed E-state index contributed by atoms with van der Waals surface area (Å²) in [4.78, 5) is 22.4. The van der Waals surface area contributed by atoms with Crippen molar-refractivity contribution in [3.63, 3.8) is 0 Å². The number of rotatable bonds is 7. The van der Waals surface area contributed by atoms with E-state index in [0.29, 0.717) is 5.78 Å². The first-order chi connectivity index (χ1) is 15.1. The monoisotopic (exact) mass is 433 g/mol. The Balaban J connectivity index is 1.59. The molecular formula is C23H23N5O2S. The lowest BCUT2D eigenvalue weighted by molar-refractivity contribution is -0.115. The summed E-state index contributed by atoms with van der Waals surface area (Å²) in [5, 5.41) is 8.36. The number of hydrogen-bond donors (Lipinski definition) is 1. The lowest BCUT2D eigenvalue weighted by Gasteiger charge is -2.14. The molecule has 1 N–H and O–H groups in total. The molecule has 0 radical (unpaired) electrons. The van der Waals surface area contributed by atoms with Gasteiger partial charge < -0.3 is 10.1 Å². The largest absolute Gasteiger partial charge is 0.497 e. The van der Waals surface area contributed by atoms with Crippen molar-refractivity contribution >= 4 is 29.1 Å². The summed E-state index contributed by atoms with van der Waals surface area (Å²) in [5.41, 5.74) is 3.73. The highest BCUT2D eigenvalue weighted by Crippen LogP contribution is 2.36. The average molecular weight is 434 g/mol. The zero-order chi connectivity index (χ0) is 21.8. The Labute approximate surface area is 184 Å². The van der Waals surface area contributed by atoms with E-state index in [1.54, 1.807) is 23.4 Å². The molecule has 4 aromatic rings. The maximum atomic E-state index is 12.7.